The lowest BCUT2D eigenvalue weighted by Crippen LogP contribution is -2.23. The molecule has 0 saturated carbocycles. The number of hydrogen-bond acceptors (Lipinski definition) is 3. The lowest BCUT2D eigenvalue weighted by atomic mass is 10.0. The van der Waals surface area contributed by atoms with Crippen LogP contribution in [-0.2, 0) is 16.0 Å². The second-order valence-corrected chi connectivity index (χ2v) is 3.34. The third-order valence-corrected chi connectivity index (χ3v) is 2.44. The van der Waals surface area contributed by atoms with Crippen molar-refractivity contribution >= 4 is 0 Å². The Morgan fingerprint density at radius 1 is 1.29 bits per heavy atom. The Bertz CT molecular complexity index is 295. The molecule has 1 unspecified atom stereocenters. The summed E-state index contributed by atoms with van der Waals surface area (Å²) >= 11 is 0. The Kier molecular flexibility index (Phi) is 3.14. The maximum absolute atomic E-state index is 5.66. The van der Waals surface area contributed by atoms with Crippen LogP contribution >= 0.6 is 0 Å². The normalized spacial score (nSPS) is 22.2. The van der Waals surface area contributed by atoms with Gasteiger partial charge < -0.3 is 15.2 Å². The van der Waals surface area contributed by atoms with E-state index < -0.39 is 0 Å². The van der Waals surface area contributed by atoms with E-state index in [1.165, 1.54) is 0 Å². The SMILES string of the molecule is NCc1ccccc1C1COCCO1. The molecule has 1 saturated heterocycles. The zero-order valence-corrected chi connectivity index (χ0v) is 8.11. The van der Waals surface area contributed by atoms with E-state index >= 15 is 0 Å². The Labute approximate surface area is 83.8 Å². The summed E-state index contributed by atoms with van der Waals surface area (Å²) in [5, 5.41) is 0. The van der Waals surface area contributed by atoms with Crippen molar-refractivity contribution < 1.29 is 9.47 Å². The largest absolute Gasteiger partial charge is 0.376 e. The van der Waals surface area contributed by atoms with Crippen LogP contribution in [0.2, 0.25) is 0 Å². The van der Waals surface area contributed by atoms with E-state index in [1.807, 2.05) is 18.2 Å². The van der Waals surface area contributed by atoms with Crippen LogP contribution < -0.4 is 5.73 Å². The molecule has 0 amide bonds. The number of rotatable bonds is 2. The molecule has 14 heavy (non-hydrogen) atoms. The summed E-state index contributed by atoms with van der Waals surface area (Å²) in [6.45, 7) is 2.55. The summed E-state index contributed by atoms with van der Waals surface area (Å²) in [5.41, 5.74) is 7.96. The molecule has 0 aromatic heterocycles. The first kappa shape index (κ1) is 9.65. The van der Waals surface area contributed by atoms with E-state index in [9.17, 15) is 0 Å². The summed E-state index contributed by atoms with van der Waals surface area (Å²) < 4.78 is 11.0. The lowest BCUT2D eigenvalue weighted by Gasteiger charge is -2.24. The van der Waals surface area contributed by atoms with Gasteiger partial charge in [0.1, 0.15) is 6.10 Å². The van der Waals surface area contributed by atoms with Gasteiger partial charge in [0.15, 0.2) is 0 Å². The molecule has 1 heterocycles. The van der Waals surface area contributed by atoms with Crippen molar-refractivity contribution in [3.05, 3.63) is 35.4 Å². The average molecular weight is 193 g/mol. The summed E-state index contributed by atoms with van der Waals surface area (Å²) in [6.07, 6.45) is 0.0588. The maximum atomic E-state index is 5.66. The Hall–Kier alpha value is -0.900. The van der Waals surface area contributed by atoms with Gasteiger partial charge >= 0.3 is 0 Å². The van der Waals surface area contributed by atoms with Crippen LogP contribution in [0.4, 0.5) is 0 Å². The molecule has 0 radical (unpaired) electrons. The molecule has 3 nitrogen and oxygen atoms in total. The fourth-order valence-electron chi connectivity index (χ4n) is 1.70. The van der Waals surface area contributed by atoms with Crippen molar-refractivity contribution in [1.82, 2.24) is 0 Å². The van der Waals surface area contributed by atoms with Gasteiger partial charge in [0.25, 0.3) is 0 Å². The predicted molar refractivity (Wildman–Crippen MR) is 53.8 cm³/mol. The molecule has 1 aromatic rings. The zero-order chi connectivity index (χ0) is 9.80. The summed E-state index contributed by atoms with van der Waals surface area (Å²) in [7, 11) is 0. The molecular formula is C11H15NO2. The average Bonchev–Trinajstić information content (AvgIpc) is 2.30. The van der Waals surface area contributed by atoms with Crippen molar-refractivity contribution in [2.45, 2.75) is 12.6 Å². The van der Waals surface area contributed by atoms with E-state index in [0.29, 0.717) is 26.4 Å². The van der Waals surface area contributed by atoms with Crippen LogP contribution in [0.15, 0.2) is 24.3 Å². The van der Waals surface area contributed by atoms with Crippen LogP contribution in [0.25, 0.3) is 0 Å². The highest BCUT2D eigenvalue weighted by Crippen LogP contribution is 2.23. The highest BCUT2D eigenvalue weighted by Gasteiger charge is 2.18. The van der Waals surface area contributed by atoms with E-state index in [-0.39, 0.29) is 6.10 Å². The topological polar surface area (TPSA) is 44.5 Å². The van der Waals surface area contributed by atoms with Gasteiger partial charge in [-0.25, -0.2) is 0 Å². The first-order valence-corrected chi connectivity index (χ1v) is 4.89. The van der Waals surface area contributed by atoms with Crippen LogP contribution in [0.3, 0.4) is 0 Å². The van der Waals surface area contributed by atoms with E-state index in [0.717, 1.165) is 11.1 Å². The molecule has 1 fully saturated rings. The molecule has 1 atom stereocenters. The van der Waals surface area contributed by atoms with Crippen molar-refractivity contribution in [2.24, 2.45) is 5.73 Å². The number of nitrogens with two attached hydrogens (primary N) is 1. The van der Waals surface area contributed by atoms with Crippen LogP contribution in [0.5, 0.6) is 0 Å². The van der Waals surface area contributed by atoms with Crippen molar-refractivity contribution in [3.8, 4) is 0 Å². The summed E-state index contributed by atoms with van der Waals surface area (Å²) in [6, 6.07) is 8.09. The Balaban J connectivity index is 2.20. The first-order valence-electron chi connectivity index (χ1n) is 4.89. The molecule has 3 heteroatoms. The number of hydrogen-bond donors (Lipinski definition) is 1. The van der Waals surface area contributed by atoms with Crippen molar-refractivity contribution in [3.63, 3.8) is 0 Å². The minimum atomic E-state index is 0.0588. The summed E-state index contributed by atoms with van der Waals surface area (Å²) in [5.74, 6) is 0. The molecule has 0 bridgehead atoms. The zero-order valence-electron chi connectivity index (χ0n) is 8.11. The molecular weight excluding hydrogens is 178 g/mol. The van der Waals surface area contributed by atoms with Crippen molar-refractivity contribution in [2.75, 3.05) is 19.8 Å². The molecule has 1 aliphatic heterocycles. The van der Waals surface area contributed by atoms with Gasteiger partial charge in [-0.05, 0) is 11.1 Å². The van der Waals surface area contributed by atoms with Crippen molar-refractivity contribution in [1.29, 1.82) is 0 Å². The maximum Gasteiger partial charge on any atom is 0.106 e. The minimum Gasteiger partial charge on any atom is -0.376 e. The van der Waals surface area contributed by atoms with Gasteiger partial charge in [-0.1, -0.05) is 24.3 Å². The van der Waals surface area contributed by atoms with E-state index in [2.05, 4.69) is 6.07 Å². The van der Waals surface area contributed by atoms with Crippen LogP contribution in [0, 0.1) is 0 Å². The Morgan fingerprint density at radius 2 is 2.14 bits per heavy atom. The molecule has 2 N–H and O–H groups in total. The van der Waals surface area contributed by atoms with Gasteiger partial charge in [0, 0.05) is 6.54 Å². The molecule has 1 aromatic carbocycles. The van der Waals surface area contributed by atoms with E-state index in [4.69, 9.17) is 15.2 Å². The standard InChI is InChI=1S/C11H15NO2/c12-7-9-3-1-2-4-10(9)11-8-13-5-6-14-11/h1-4,11H,5-8,12H2. The highest BCUT2D eigenvalue weighted by molar-refractivity contribution is 5.29. The van der Waals surface area contributed by atoms with Crippen LogP contribution in [0.1, 0.15) is 17.2 Å². The predicted octanol–water partition coefficient (Wildman–Crippen LogP) is 1.23. The third kappa shape index (κ3) is 1.95. The van der Waals surface area contributed by atoms with Crippen LogP contribution in [-0.4, -0.2) is 19.8 Å². The monoisotopic (exact) mass is 193 g/mol. The quantitative estimate of drug-likeness (QED) is 0.768. The molecule has 0 spiro atoms. The van der Waals surface area contributed by atoms with Gasteiger partial charge in [-0.2, -0.15) is 0 Å². The first-order chi connectivity index (χ1) is 6.92. The highest BCUT2D eigenvalue weighted by atomic mass is 16.6. The molecule has 0 aliphatic carbocycles. The lowest BCUT2D eigenvalue weighted by molar-refractivity contribution is -0.0904. The van der Waals surface area contributed by atoms with E-state index in [1.54, 1.807) is 0 Å². The second kappa shape index (κ2) is 4.55. The summed E-state index contributed by atoms with van der Waals surface area (Å²) in [4.78, 5) is 0. The molecule has 1 aliphatic rings. The fraction of sp³-hybridized carbons (Fsp3) is 0.455. The van der Waals surface area contributed by atoms with Gasteiger partial charge in [-0.15, -0.1) is 0 Å². The number of benzene rings is 1. The van der Waals surface area contributed by atoms with Gasteiger partial charge in [-0.3, -0.25) is 0 Å². The molecule has 2 rings (SSSR count). The Morgan fingerprint density at radius 3 is 2.86 bits per heavy atom. The minimum absolute atomic E-state index is 0.0588. The second-order valence-electron chi connectivity index (χ2n) is 3.34. The van der Waals surface area contributed by atoms with Gasteiger partial charge in [0.2, 0.25) is 0 Å². The third-order valence-electron chi connectivity index (χ3n) is 2.44. The molecule has 76 valence electrons. The fourth-order valence-corrected chi connectivity index (χ4v) is 1.70. The van der Waals surface area contributed by atoms with Gasteiger partial charge in [0.05, 0.1) is 19.8 Å². The smallest absolute Gasteiger partial charge is 0.106 e. The number of ether oxygens (including phenoxy) is 2.